The van der Waals surface area contributed by atoms with E-state index in [9.17, 15) is 18.9 Å². The first-order valence-corrected chi connectivity index (χ1v) is 14.8. The molecule has 0 aliphatic heterocycles. The molecule has 2 saturated carbocycles. The Balaban J connectivity index is 1.70. The molecule has 0 saturated heterocycles. The van der Waals surface area contributed by atoms with Crippen LogP contribution in [0.5, 0.6) is 5.75 Å². The molecule has 6 nitrogen and oxygen atoms in total. The topological polar surface area (TPSA) is 93.1 Å². The number of phosphoric acid groups is 1. The van der Waals surface area contributed by atoms with Gasteiger partial charge in [-0.15, -0.1) is 0 Å². The van der Waals surface area contributed by atoms with Crippen molar-refractivity contribution in [3.63, 3.8) is 0 Å². The Bertz CT molecular complexity index is 998. The molecule has 3 aliphatic carbocycles. The number of rotatable bonds is 4. The van der Waals surface area contributed by atoms with Crippen molar-refractivity contribution in [3.8, 4) is 5.75 Å². The van der Waals surface area contributed by atoms with Crippen molar-refractivity contribution >= 4 is 15.4 Å². The van der Waals surface area contributed by atoms with E-state index < -0.39 is 15.4 Å². The third kappa shape index (κ3) is 3.97. The summed E-state index contributed by atoms with van der Waals surface area (Å²) in [5.74, 6) is 1.43. The maximum atomic E-state index is 12.2. The molecule has 0 amide bonds. The minimum Gasteiger partial charge on any atom is -0.404 e. The van der Waals surface area contributed by atoms with Gasteiger partial charge in [-0.25, -0.2) is 4.57 Å². The Morgan fingerprint density at radius 2 is 1.71 bits per heavy atom. The van der Waals surface area contributed by atoms with Gasteiger partial charge < -0.3 is 9.42 Å². The highest BCUT2D eigenvalue weighted by Crippen LogP contribution is 2.68. The number of benzene rings is 1. The average Bonchev–Trinajstić information content (AvgIpc) is 2.85. The fourth-order valence-electron chi connectivity index (χ4n) is 7.82. The first-order valence-electron chi connectivity index (χ1n) is 11.3. The number of aryl methyl sites for hydroxylation is 1. The lowest BCUT2D eigenvalue weighted by molar-refractivity contribution is -0.0983. The summed E-state index contributed by atoms with van der Waals surface area (Å²) in [4.78, 5) is 19.2. The number of phosphoric ester groups is 1. The SMILES string of the molecule is Cc1cc(OP(=O)(O)OP(C)(=O)O)cc2c1[C@]1(C)CC[C@H]3C(C)(C)CCC[C@]3(C)[C@H]1C2. The molecule has 0 aromatic heterocycles. The monoisotopic (exact) mass is 470 g/mol. The van der Waals surface area contributed by atoms with Crippen LogP contribution in [0.15, 0.2) is 12.1 Å². The van der Waals surface area contributed by atoms with Crippen molar-refractivity contribution in [2.75, 3.05) is 6.66 Å². The van der Waals surface area contributed by atoms with Crippen molar-refractivity contribution < 1.29 is 27.8 Å². The van der Waals surface area contributed by atoms with Gasteiger partial charge in [-0.2, -0.15) is 4.31 Å². The predicted molar refractivity (Wildman–Crippen MR) is 121 cm³/mol. The third-order valence-corrected chi connectivity index (χ3v) is 11.1. The fourth-order valence-corrected chi connectivity index (χ4v) is 9.86. The Kier molecular flexibility index (Phi) is 5.44. The van der Waals surface area contributed by atoms with E-state index in [0.29, 0.717) is 17.3 Å². The zero-order valence-electron chi connectivity index (χ0n) is 19.5. The van der Waals surface area contributed by atoms with Crippen molar-refractivity contribution in [2.45, 2.75) is 78.6 Å². The summed E-state index contributed by atoms with van der Waals surface area (Å²) in [7, 11) is -8.86. The van der Waals surface area contributed by atoms with Crippen LogP contribution in [0, 0.1) is 29.6 Å². The first kappa shape index (κ1) is 23.5. The Morgan fingerprint density at radius 3 is 2.35 bits per heavy atom. The van der Waals surface area contributed by atoms with Gasteiger partial charge >= 0.3 is 15.4 Å². The molecule has 6 atom stereocenters. The van der Waals surface area contributed by atoms with Gasteiger partial charge in [-0.05, 0) is 95.9 Å². The van der Waals surface area contributed by atoms with Gasteiger partial charge in [0.15, 0.2) is 0 Å². The standard InChI is InChI=1S/C23H36O6P2/c1-15-12-17(28-31(26,27)29-30(6,24)25)13-16-14-19-22(4)10-7-9-21(2,3)18(22)8-11-23(19,5)20(15)16/h12-13,18-19H,7-11,14H2,1-6H3,(H,24,25)(H,26,27)/t18-,19+,22-,23+/m0/s1. The molecule has 174 valence electrons. The van der Waals surface area contributed by atoms with E-state index in [0.717, 1.165) is 30.6 Å². The minimum absolute atomic E-state index is 0.0836. The van der Waals surface area contributed by atoms with Crippen LogP contribution in [0.1, 0.15) is 76.5 Å². The van der Waals surface area contributed by atoms with Crippen LogP contribution in [0.25, 0.3) is 0 Å². The molecule has 0 bridgehead atoms. The normalized spacial score (nSPS) is 37.7. The molecule has 2 fully saturated rings. The lowest BCUT2D eigenvalue weighted by Gasteiger charge is -2.61. The fraction of sp³-hybridized carbons (Fsp3) is 0.739. The van der Waals surface area contributed by atoms with Crippen molar-refractivity contribution in [2.24, 2.45) is 22.7 Å². The van der Waals surface area contributed by atoms with Crippen LogP contribution in [-0.4, -0.2) is 16.5 Å². The molecular formula is C23H36O6P2. The van der Waals surface area contributed by atoms with E-state index in [4.69, 9.17) is 4.52 Å². The van der Waals surface area contributed by atoms with Gasteiger partial charge in [-0.3, -0.25) is 9.46 Å². The zero-order valence-corrected chi connectivity index (χ0v) is 21.3. The van der Waals surface area contributed by atoms with Crippen LogP contribution in [0.4, 0.5) is 0 Å². The van der Waals surface area contributed by atoms with Gasteiger partial charge in [0, 0.05) is 6.66 Å². The summed E-state index contributed by atoms with van der Waals surface area (Å²) in [5, 5.41) is 0. The highest BCUT2D eigenvalue weighted by molar-refractivity contribution is 7.63. The summed E-state index contributed by atoms with van der Waals surface area (Å²) in [6.45, 7) is 12.7. The second kappa shape index (κ2) is 7.18. The largest absolute Gasteiger partial charge is 0.534 e. The summed E-state index contributed by atoms with van der Waals surface area (Å²) in [5.41, 5.74) is 4.26. The molecule has 3 aliphatic rings. The number of hydrogen-bond donors (Lipinski definition) is 2. The molecule has 0 spiro atoms. The van der Waals surface area contributed by atoms with Gasteiger partial charge in [-0.1, -0.05) is 34.1 Å². The molecule has 0 heterocycles. The molecule has 1 aromatic carbocycles. The van der Waals surface area contributed by atoms with E-state index in [1.54, 1.807) is 6.07 Å². The number of hydrogen-bond acceptors (Lipinski definition) is 4. The van der Waals surface area contributed by atoms with E-state index in [1.807, 2.05) is 13.0 Å². The maximum absolute atomic E-state index is 12.2. The van der Waals surface area contributed by atoms with Gasteiger partial charge in [0.25, 0.3) is 0 Å². The summed E-state index contributed by atoms with van der Waals surface area (Å²) in [6.07, 6.45) is 7.11. The van der Waals surface area contributed by atoms with Crippen LogP contribution in [0.3, 0.4) is 0 Å². The average molecular weight is 470 g/mol. The van der Waals surface area contributed by atoms with Crippen LogP contribution >= 0.6 is 15.4 Å². The lowest BCUT2D eigenvalue weighted by atomic mass is 9.43. The van der Waals surface area contributed by atoms with E-state index in [-0.39, 0.29) is 16.6 Å². The van der Waals surface area contributed by atoms with E-state index in [2.05, 4.69) is 32.0 Å². The predicted octanol–water partition coefficient (Wildman–Crippen LogP) is 6.36. The third-order valence-electron chi connectivity index (χ3n) is 8.65. The molecule has 1 aromatic rings. The molecular weight excluding hydrogens is 434 g/mol. The summed E-state index contributed by atoms with van der Waals surface area (Å²) < 4.78 is 33.2. The second-order valence-corrected chi connectivity index (χ2v) is 14.7. The molecule has 31 heavy (non-hydrogen) atoms. The van der Waals surface area contributed by atoms with Crippen LogP contribution in [-0.2, 0) is 25.3 Å². The molecule has 2 unspecified atom stereocenters. The summed E-state index contributed by atoms with van der Waals surface area (Å²) in [6, 6.07) is 3.60. The Morgan fingerprint density at radius 1 is 1.03 bits per heavy atom. The zero-order chi connectivity index (χ0) is 23.0. The number of fused-ring (bicyclic) bond motifs is 5. The van der Waals surface area contributed by atoms with Crippen molar-refractivity contribution in [3.05, 3.63) is 28.8 Å². The second-order valence-electron chi connectivity index (χ2n) is 11.3. The lowest BCUT2D eigenvalue weighted by Crippen LogP contribution is -2.55. The highest BCUT2D eigenvalue weighted by Gasteiger charge is 2.61. The van der Waals surface area contributed by atoms with Gasteiger partial charge in [0.2, 0.25) is 0 Å². The maximum Gasteiger partial charge on any atom is 0.534 e. The molecule has 8 heteroatoms. The molecule has 4 rings (SSSR count). The van der Waals surface area contributed by atoms with Gasteiger partial charge in [0.05, 0.1) is 0 Å². The smallest absolute Gasteiger partial charge is 0.404 e. The first-order chi connectivity index (χ1) is 14.1. The van der Waals surface area contributed by atoms with Crippen molar-refractivity contribution in [1.29, 1.82) is 0 Å². The molecule has 0 radical (unpaired) electrons. The van der Waals surface area contributed by atoms with E-state index >= 15 is 0 Å². The quantitative estimate of drug-likeness (QED) is 0.497. The van der Waals surface area contributed by atoms with E-state index in [1.165, 1.54) is 31.2 Å². The van der Waals surface area contributed by atoms with Gasteiger partial charge in [0.1, 0.15) is 5.75 Å². The highest BCUT2D eigenvalue weighted by atomic mass is 31.3. The van der Waals surface area contributed by atoms with Crippen molar-refractivity contribution in [1.82, 2.24) is 0 Å². The minimum atomic E-state index is -4.70. The summed E-state index contributed by atoms with van der Waals surface area (Å²) >= 11 is 0. The Hall–Kier alpha value is -0.640. The van der Waals surface area contributed by atoms with Crippen LogP contribution < -0.4 is 4.52 Å². The van der Waals surface area contributed by atoms with Crippen LogP contribution in [0.2, 0.25) is 0 Å². The Labute approximate surface area is 185 Å². The molecule has 2 N–H and O–H groups in total.